The Morgan fingerprint density at radius 3 is 2.88 bits per heavy atom. The van der Waals surface area contributed by atoms with Crippen molar-refractivity contribution in [2.75, 3.05) is 5.75 Å². The molecule has 3 aromatic rings. The van der Waals surface area contributed by atoms with Crippen LogP contribution in [0, 0.1) is 19.7 Å². The fourth-order valence-electron chi connectivity index (χ4n) is 2.58. The van der Waals surface area contributed by atoms with Gasteiger partial charge in [-0.25, -0.2) is 9.37 Å². The number of ketones is 1. The summed E-state index contributed by atoms with van der Waals surface area (Å²) >= 11 is 2.65. The van der Waals surface area contributed by atoms with Crippen LogP contribution < -0.4 is 5.56 Å². The summed E-state index contributed by atoms with van der Waals surface area (Å²) in [6.07, 6.45) is 1.63. The minimum Gasteiger partial charge on any atom is -0.293 e. The zero-order valence-corrected chi connectivity index (χ0v) is 16.0. The van der Waals surface area contributed by atoms with Gasteiger partial charge < -0.3 is 0 Å². The summed E-state index contributed by atoms with van der Waals surface area (Å²) in [7, 11) is 0. The Bertz CT molecular complexity index is 1070. The molecule has 4 nitrogen and oxygen atoms in total. The summed E-state index contributed by atoms with van der Waals surface area (Å²) < 4.78 is 14.8. The molecule has 0 N–H and O–H groups in total. The minimum absolute atomic E-state index is 0.0713. The van der Waals surface area contributed by atoms with Crippen molar-refractivity contribution in [1.82, 2.24) is 9.55 Å². The molecule has 0 radical (unpaired) electrons. The van der Waals surface area contributed by atoms with E-state index in [1.165, 1.54) is 45.9 Å². The molecule has 7 heteroatoms. The summed E-state index contributed by atoms with van der Waals surface area (Å²) in [5.41, 5.74) is 1.11. The Kier molecular flexibility index (Phi) is 5.38. The lowest BCUT2D eigenvalue weighted by molar-refractivity contribution is 0.102. The molecule has 0 unspecified atom stereocenters. The lowest BCUT2D eigenvalue weighted by Crippen LogP contribution is -2.23. The van der Waals surface area contributed by atoms with E-state index in [2.05, 4.69) is 11.6 Å². The first kappa shape index (κ1) is 18.5. The van der Waals surface area contributed by atoms with Crippen LogP contribution in [0.4, 0.5) is 4.39 Å². The van der Waals surface area contributed by atoms with Crippen molar-refractivity contribution in [3.8, 4) is 0 Å². The largest absolute Gasteiger partial charge is 0.293 e. The Morgan fingerprint density at radius 2 is 2.19 bits per heavy atom. The number of Topliss-reactive ketones (excluding diaryl/α,β-unsaturated/α-hetero) is 1. The van der Waals surface area contributed by atoms with E-state index in [0.717, 1.165) is 10.4 Å². The maximum Gasteiger partial charge on any atom is 0.263 e. The SMILES string of the molecule is C=CCn1c(SCC(=O)c2cccc(F)c2)nc2sc(C)c(C)c2c1=O. The van der Waals surface area contributed by atoms with Crippen molar-refractivity contribution < 1.29 is 9.18 Å². The zero-order chi connectivity index (χ0) is 18.8. The average molecular weight is 388 g/mol. The number of halogens is 1. The van der Waals surface area contributed by atoms with Gasteiger partial charge in [-0.2, -0.15) is 0 Å². The number of thioether (sulfide) groups is 1. The molecule has 0 aliphatic heterocycles. The maximum absolute atomic E-state index is 13.3. The smallest absolute Gasteiger partial charge is 0.263 e. The summed E-state index contributed by atoms with van der Waals surface area (Å²) in [5, 5.41) is 1.09. The van der Waals surface area contributed by atoms with Crippen LogP contribution in [0.1, 0.15) is 20.8 Å². The van der Waals surface area contributed by atoms with E-state index in [4.69, 9.17) is 0 Å². The van der Waals surface area contributed by atoms with E-state index in [0.29, 0.717) is 27.5 Å². The molecule has 2 heterocycles. The molecule has 0 amide bonds. The predicted octanol–water partition coefficient (Wildman–Crippen LogP) is 4.37. The number of allylic oxidation sites excluding steroid dienone is 1. The van der Waals surface area contributed by atoms with Crippen LogP contribution in [0.5, 0.6) is 0 Å². The summed E-state index contributed by atoms with van der Waals surface area (Å²) in [5.74, 6) is -0.594. The van der Waals surface area contributed by atoms with E-state index in [9.17, 15) is 14.0 Å². The van der Waals surface area contributed by atoms with Crippen LogP contribution in [0.25, 0.3) is 10.2 Å². The summed E-state index contributed by atoms with van der Waals surface area (Å²) in [6, 6.07) is 5.58. The number of nitrogens with zero attached hydrogens (tertiary/aromatic N) is 2. The zero-order valence-electron chi connectivity index (χ0n) is 14.4. The molecule has 26 heavy (non-hydrogen) atoms. The van der Waals surface area contributed by atoms with Gasteiger partial charge in [0.2, 0.25) is 0 Å². The highest BCUT2D eigenvalue weighted by molar-refractivity contribution is 7.99. The molecule has 134 valence electrons. The highest BCUT2D eigenvalue weighted by atomic mass is 32.2. The number of carbonyl (C=O) groups is 1. The van der Waals surface area contributed by atoms with Gasteiger partial charge in [-0.3, -0.25) is 14.2 Å². The third kappa shape index (κ3) is 3.50. The van der Waals surface area contributed by atoms with Crippen LogP contribution in [0.15, 0.2) is 46.9 Å². The number of thiophene rings is 1. The van der Waals surface area contributed by atoms with E-state index < -0.39 is 5.82 Å². The van der Waals surface area contributed by atoms with E-state index in [1.54, 1.807) is 12.1 Å². The Hall–Kier alpha value is -2.25. The van der Waals surface area contributed by atoms with Crippen molar-refractivity contribution in [2.24, 2.45) is 0 Å². The number of carbonyl (C=O) groups excluding carboxylic acids is 1. The number of aryl methyl sites for hydroxylation is 2. The first-order valence-electron chi connectivity index (χ1n) is 7.95. The third-order valence-corrected chi connectivity index (χ3v) is 6.12. The Morgan fingerprint density at radius 1 is 1.42 bits per heavy atom. The van der Waals surface area contributed by atoms with Gasteiger partial charge in [0.25, 0.3) is 5.56 Å². The molecule has 0 saturated heterocycles. The fraction of sp³-hybridized carbons (Fsp3) is 0.211. The second-order valence-corrected chi connectivity index (χ2v) is 7.93. The molecule has 0 saturated carbocycles. The highest BCUT2D eigenvalue weighted by Crippen LogP contribution is 2.28. The van der Waals surface area contributed by atoms with Crippen molar-refractivity contribution in [2.45, 2.75) is 25.5 Å². The molecular weight excluding hydrogens is 371 g/mol. The van der Waals surface area contributed by atoms with Crippen molar-refractivity contribution in [3.05, 3.63) is 69.1 Å². The van der Waals surface area contributed by atoms with Gasteiger partial charge in [-0.05, 0) is 31.5 Å². The van der Waals surface area contributed by atoms with E-state index >= 15 is 0 Å². The van der Waals surface area contributed by atoms with Crippen LogP contribution >= 0.6 is 23.1 Å². The van der Waals surface area contributed by atoms with Gasteiger partial charge >= 0.3 is 0 Å². The van der Waals surface area contributed by atoms with Crippen LogP contribution in [-0.4, -0.2) is 21.1 Å². The van der Waals surface area contributed by atoms with Gasteiger partial charge in [0, 0.05) is 17.0 Å². The molecule has 1 aromatic carbocycles. The van der Waals surface area contributed by atoms with Crippen molar-refractivity contribution >= 4 is 39.1 Å². The lowest BCUT2D eigenvalue weighted by Gasteiger charge is -2.10. The molecule has 0 aliphatic carbocycles. The van der Waals surface area contributed by atoms with Crippen LogP contribution in [0.2, 0.25) is 0 Å². The number of hydrogen-bond donors (Lipinski definition) is 0. The maximum atomic E-state index is 13.3. The molecule has 0 fully saturated rings. The van der Waals surface area contributed by atoms with Gasteiger partial charge in [0.1, 0.15) is 10.6 Å². The van der Waals surface area contributed by atoms with E-state index in [1.807, 2.05) is 13.8 Å². The molecule has 0 bridgehead atoms. The first-order chi connectivity index (χ1) is 12.4. The summed E-state index contributed by atoms with van der Waals surface area (Å²) in [4.78, 5) is 31.5. The standard InChI is InChI=1S/C19H17FN2O2S2/c1-4-8-22-18(24)16-11(2)12(3)26-17(16)21-19(22)25-10-15(23)13-6-5-7-14(20)9-13/h4-7,9H,1,8,10H2,2-3H3. The molecule has 2 aromatic heterocycles. The number of benzene rings is 1. The molecular formula is C19H17FN2O2S2. The normalized spacial score (nSPS) is 11.0. The molecule has 0 atom stereocenters. The monoisotopic (exact) mass is 388 g/mol. The third-order valence-electron chi connectivity index (χ3n) is 4.04. The molecule has 3 rings (SSSR count). The second kappa shape index (κ2) is 7.55. The minimum atomic E-state index is -0.450. The lowest BCUT2D eigenvalue weighted by atomic mass is 10.1. The van der Waals surface area contributed by atoms with E-state index in [-0.39, 0.29) is 17.1 Å². The van der Waals surface area contributed by atoms with Gasteiger partial charge in [-0.1, -0.05) is 30.0 Å². The predicted molar refractivity (Wildman–Crippen MR) is 105 cm³/mol. The Labute approximate surface area is 158 Å². The first-order valence-corrected chi connectivity index (χ1v) is 9.75. The Balaban J connectivity index is 1.96. The average Bonchev–Trinajstić information content (AvgIpc) is 2.90. The van der Waals surface area contributed by atoms with Gasteiger partial charge in [0.15, 0.2) is 10.9 Å². The molecule has 0 spiro atoms. The van der Waals surface area contributed by atoms with Gasteiger partial charge in [0.05, 0.1) is 11.1 Å². The van der Waals surface area contributed by atoms with Crippen LogP contribution in [0.3, 0.4) is 0 Å². The number of hydrogen-bond acceptors (Lipinski definition) is 5. The van der Waals surface area contributed by atoms with Crippen molar-refractivity contribution in [3.63, 3.8) is 0 Å². The summed E-state index contributed by atoms with van der Waals surface area (Å²) in [6.45, 7) is 7.88. The van der Waals surface area contributed by atoms with Gasteiger partial charge in [-0.15, -0.1) is 17.9 Å². The van der Waals surface area contributed by atoms with Crippen molar-refractivity contribution in [1.29, 1.82) is 0 Å². The highest BCUT2D eigenvalue weighted by Gasteiger charge is 2.17. The van der Waals surface area contributed by atoms with Crippen LogP contribution in [-0.2, 0) is 6.54 Å². The number of aromatic nitrogens is 2. The fourth-order valence-corrected chi connectivity index (χ4v) is 4.56. The quantitative estimate of drug-likeness (QED) is 0.272. The topological polar surface area (TPSA) is 52.0 Å². The molecule has 0 aliphatic rings. The second-order valence-electron chi connectivity index (χ2n) is 5.78. The number of rotatable bonds is 6. The number of fused-ring (bicyclic) bond motifs is 1.